The van der Waals surface area contributed by atoms with Gasteiger partial charge in [-0.2, -0.15) is 0 Å². The van der Waals surface area contributed by atoms with E-state index in [0.717, 1.165) is 17.0 Å². The highest BCUT2D eigenvalue weighted by molar-refractivity contribution is 9.12. The Labute approximate surface area is 179 Å². The Kier molecular flexibility index (Phi) is 6.69. The summed E-state index contributed by atoms with van der Waals surface area (Å²) >= 11 is 3.42. The van der Waals surface area contributed by atoms with Crippen molar-refractivity contribution in [3.8, 4) is 23.0 Å². The van der Waals surface area contributed by atoms with Crippen molar-refractivity contribution in [3.05, 3.63) is 45.9 Å². The molecule has 7 heteroatoms. The Morgan fingerprint density at radius 2 is 1.93 bits per heavy atom. The topological polar surface area (TPSA) is 57.2 Å². The predicted octanol–water partition coefficient (Wildman–Crippen LogP) is 4.55. The van der Waals surface area contributed by atoms with Gasteiger partial charge in [0.25, 0.3) is 0 Å². The number of methoxy groups -OCH3 is 1. The highest BCUT2D eigenvalue weighted by Crippen LogP contribution is 2.41. The predicted molar refractivity (Wildman–Crippen MR) is 117 cm³/mol. The van der Waals surface area contributed by atoms with Crippen molar-refractivity contribution >= 4 is 33.5 Å². The van der Waals surface area contributed by atoms with Gasteiger partial charge in [0.15, 0.2) is 17.3 Å². The number of halogens is 1. The maximum Gasteiger partial charge on any atom is 0.203 e. The number of carbonyl (C=O) groups excluding carboxylic acids is 1. The van der Waals surface area contributed by atoms with Crippen molar-refractivity contribution in [1.29, 1.82) is 0 Å². The lowest BCUT2D eigenvalue weighted by Gasteiger charge is -2.21. The summed E-state index contributed by atoms with van der Waals surface area (Å²) in [5.74, 6) is 2.36. The second-order valence-electron chi connectivity index (χ2n) is 6.58. The SMILES string of the molecule is CCOc1ccc(C(=O)/C(Br)=C\c2cc(OC)c3c(c2)OCCO3)cc1N(C)C. The van der Waals surface area contributed by atoms with Gasteiger partial charge in [0, 0.05) is 19.7 Å². The van der Waals surface area contributed by atoms with Crippen molar-refractivity contribution in [2.75, 3.05) is 45.9 Å². The van der Waals surface area contributed by atoms with Gasteiger partial charge in [-0.15, -0.1) is 0 Å². The molecular formula is C22H24BrNO5. The van der Waals surface area contributed by atoms with Gasteiger partial charge in [0.2, 0.25) is 5.75 Å². The Hall–Kier alpha value is -2.67. The molecule has 1 aliphatic rings. The number of hydrogen-bond acceptors (Lipinski definition) is 6. The van der Waals surface area contributed by atoms with Gasteiger partial charge in [-0.25, -0.2) is 0 Å². The van der Waals surface area contributed by atoms with Crippen LogP contribution < -0.4 is 23.8 Å². The van der Waals surface area contributed by atoms with E-state index in [2.05, 4.69) is 15.9 Å². The van der Waals surface area contributed by atoms with Gasteiger partial charge < -0.3 is 23.8 Å². The molecule has 0 saturated heterocycles. The van der Waals surface area contributed by atoms with E-state index in [-0.39, 0.29) is 5.78 Å². The van der Waals surface area contributed by atoms with Crippen molar-refractivity contribution in [2.24, 2.45) is 0 Å². The summed E-state index contributed by atoms with van der Waals surface area (Å²) < 4.78 is 22.8. The molecular weight excluding hydrogens is 438 g/mol. The molecule has 29 heavy (non-hydrogen) atoms. The normalized spacial score (nSPS) is 13.1. The molecule has 0 spiro atoms. The lowest BCUT2D eigenvalue weighted by Crippen LogP contribution is -2.16. The van der Waals surface area contributed by atoms with Crippen LogP contribution in [0.5, 0.6) is 23.0 Å². The molecule has 2 aromatic carbocycles. The van der Waals surface area contributed by atoms with Crippen LogP contribution in [-0.2, 0) is 0 Å². The van der Waals surface area contributed by atoms with Gasteiger partial charge in [-0.3, -0.25) is 4.79 Å². The lowest BCUT2D eigenvalue weighted by molar-refractivity contribution is 0.104. The van der Waals surface area contributed by atoms with E-state index in [1.54, 1.807) is 19.3 Å². The van der Waals surface area contributed by atoms with Crippen LogP contribution in [-0.4, -0.2) is 46.8 Å². The Bertz CT molecular complexity index is 922. The zero-order valence-corrected chi connectivity index (χ0v) is 18.5. The van der Waals surface area contributed by atoms with E-state index in [1.165, 1.54) is 0 Å². The zero-order chi connectivity index (χ0) is 21.0. The summed E-state index contributed by atoms with van der Waals surface area (Å²) in [4.78, 5) is 14.9. The standard InChI is InChI=1S/C22H24BrNO5/c1-5-27-18-7-6-15(13-17(18)24(2)3)21(25)16(23)10-14-11-19(26-4)22-20(12-14)28-8-9-29-22/h6-7,10-13H,5,8-9H2,1-4H3/b16-10+. The molecule has 6 nitrogen and oxygen atoms in total. The number of Topliss-reactive ketones (excluding diaryl/α,β-unsaturated/α-hetero) is 1. The molecule has 2 aromatic rings. The lowest BCUT2D eigenvalue weighted by atomic mass is 10.1. The fourth-order valence-corrected chi connectivity index (χ4v) is 3.51. The largest absolute Gasteiger partial charge is 0.493 e. The Balaban J connectivity index is 1.92. The molecule has 0 aromatic heterocycles. The fourth-order valence-electron chi connectivity index (χ4n) is 3.01. The highest BCUT2D eigenvalue weighted by Gasteiger charge is 2.19. The summed E-state index contributed by atoms with van der Waals surface area (Å²) in [5.41, 5.74) is 2.17. The van der Waals surface area contributed by atoms with Crippen molar-refractivity contribution in [3.63, 3.8) is 0 Å². The van der Waals surface area contributed by atoms with Crippen LogP contribution in [0, 0.1) is 0 Å². The van der Waals surface area contributed by atoms with E-state index >= 15 is 0 Å². The molecule has 0 saturated carbocycles. The van der Waals surface area contributed by atoms with Gasteiger partial charge in [-0.1, -0.05) is 0 Å². The molecule has 0 aliphatic carbocycles. The summed E-state index contributed by atoms with van der Waals surface area (Å²) in [7, 11) is 5.40. The quantitative estimate of drug-likeness (QED) is 0.445. The Morgan fingerprint density at radius 3 is 2.62 bits per heavy atom. The molecule has 0 atom stereocenters. The second-order valence-corrected chi connectivity index (χ2v) is 7.43. The number of allylic oxidation sites excluding steroid dienone is 1. The third-order valence-corrected chi connectivity index (χ3v) is 4.95. The van der Waals surface area contributed by atoms with Crippen LogP contribution in [0.1, 0.15) is 22.8 Å². The molecule has 0 unspecified atom stereocenters. The Morgan fingerprint density at radius 1 is 1.17 bits per heavy atom. The minimum atomic E-state index is -0.134. The van der Waals surface area contributed by atoms with E-state index < -0.39 is 0 Å². The minimum absolute atomic E-state index is 0.134. The molecule has 3 rings (SSSR count). The van der Waals surface area contributed by atoms with Crippen LogP contribution in [0.2, 0.25) is 0 Å². The summed E-state index contributed by atoms with van der Waals surface area (Å²) in [5, 5.41) is 0. The van der Waals surface area contributed by atoms with Gasteiger partial charge in [0.1, 0.15) is 19.0 Å². The number of nitrogens with zero attached hydrogens (tertiary/aromatic N) is 1. The average Bonchev–Trinajstić information content (AvgIpc) is 2.72. The molecule has 0 N–H and O–H groups in total. The molecule has 0 bridgehead atoms. The van der Waals surface area contributed by atoms with E-state index in [4.69, 9.17) is 18.9 Å². The summed E-state index contributed by atoms with van der Waals surface area (Å²) in [6.07, 6.45) is 1.74. The van der Waals surface area contributed by atoms with Crippen molar-refractivity contribution < 1.29 is 23.7 Å². The zero-order valence-electron chi connectivity index (χ0n) is 17.0. The second kappa shape index (κ2) is 9.22. The van der Waals surface area contributed by atoms with Gasteiger partial charge >= 0.3 is 0 Å². The molecule has 1 aliphatic heterocycles. The molecule has 0 radical (unpaired) electrons. The third-order valence-electron chi connectivity index (χ3n) is 4.36. The number of anilines is 1. The van der Waals surface area contributed by atoms with Crippen LogP contribution >= 0.6 is 15.9 Å². The van der Waals surface area contributed by atoms with Crippen molar-refractivity contribution in [2.45, 2.75) is 6.92 Å². The van der Waals surface area contributed by atoms with E-state index in [1.807, 2.05) is 50.2 Å². The number of hydrogen-bond donors (Lipinski definition) is 0. The van der Waals surface area contributed by atoms with Gasteiger partial charge in [0.05, 0.1) is 23.9 Å². The maximum atomic E-state index is 13.0. The first-order valence-corrected chi connectivity index (χ1v) is 10.1. The smallest absolute Gasteiger partial charge is 0.203 e. The number of rotatable bonds is 7. The van der Waals surface area contributed by atoms with E-state index in [9.17, 15) is 4.79 Å². The first-order valence-electron chi connectivity index (χ1n) is 9.28. The molecule has 0 fully saturated rings. The van der Waals surface area contributed by atoms with E-state index in [0.29, 0.717) is 47.1 Å². The first-order chi connectivity index (χ1) is 13.9. The summed E-state index contributed by atoms with van der Waals surface area (Å²) in [6, 6.07) is 9.05. The third kappa shape index (κ3) is 4.67. The van der Waals surface area contributed by atoms with Crippen LogP contribution in [0.15, 0.2) is 34.8 Å². The monoisotopic (exact) mass is 461 g/mol. The van der Waals surface area contributed by atoms with Crippen LogP contribution in [0.4, 0.5) is 5.69 Å². The number of ether oxygens (including phenoxy) is 4. The number of ketones is 1. The van der Waals surface area contributed by atoms with Crippen LogP contribution in [0.25, 0.3) is 6.08 Å². The fraction of sp³-hybridized carbons (Fsp3) is 0.318. The number of carbonyl (C=O) groups is 1. The van der Waals surface area contributed by atoms with Crippen LogP contribution in [0.3, 0.4) is 0 Å². The molecule has 1 heterocycles. The average molecular weight is 462 g/mol. The number of fused-ring (bicyclic) bond motifs is 1. The van der Waals surface area contributed by atoms with Gasteiger partial charge in [-0.05, 0) is 64.8 Å². The molecule has 154 valence electrons. The maximum absolute atomic E-state index is 13.0. The highest BCUT2D eigenvalue weighted by atomic mass is 79.9. The first kappa shape index (κ1) is 21.0. The summed E-state index contributed by atoms with van der Waals surface area (Å²) in [6.45, 7) is 3.44. The molecule has 0 amide bonds. The van der Waals surface area contributed by atoms with Crippen molar-refractivity contribution in [1.82, 2.24) is 0 Å². The minimum Gasteiger partial charge on any atom is -0.493 e. The number of benzene rings is 2.